The van der Waals surface area contributed by atoms with Crippen LogP contribution in [0.1, 0.15) is 56.5 Å². The number of amides is 1. The normalized spacial score (nSPS) is 10.5. The Morgan fingerprint density at radius 2 is 2.09 bits per heavy atom. The molecular weight excluding hydrogens is 276 g/mol. The standard InChI is InChI=1S/C17H28N4O/c1-5-7-12-20(6-2)17(22)10-9-16-14(3)19-21(15(16)4)13-8-11-18/h5-10,12-13H2,1-4H3. The van der Waals surface area contributed by atoms with Crippen molar-refractivity contribution >= 4 is 5.91 Å². The van der Waals surface area contributed by atoms with Crippen LogP contribution in [0.5, 0.6) is 0 Å². The first-order valence-corrected chi connectivity index (χ1v) is 8.22. The summed E-state index contributed by atoms with van der Waals surface area (Å²) in [7, 11) is 0. The highest BCUT2D eigenvalue weighted by Crippen LogP contribution is 2.16. The molecule has 0 atom stereocenters. The Bertz CT molecular complexity index is 527. The summed E-state index contributed by atoms with van der Waals surface area (Å²) in [4.78, 5) is 14.2. The van der Waals surface area contributed by atoms with E-state index in [0.717, 1.165) is 49.3 Å². The van der Waals surface area contributed by atoms with E-state index in [-0.39, 0.29) is 5.91 Å². The van der Waals surface area contributed by atoms with Gasteiger partial charge < -0.3 is 4.90 Å². The van der Waals surface area contributed by atoms with Crippen LogP contribution >= 0.6 is 0 Å². The lowest BCUT2D eigenvalue weighted by atomic mass is 10.1. The second kappa shape index (κ2) is 9.24. The Balaban J connectivity index is 2.65. The SMILES string of the molecule is CCCCN(CC)C(=O)CCc1c(C)nn(CCC#N)c1C. The lowest BCUT2D eigenvalue weighted by molar-refractivity contribution is -0.131. The number of hydrogen-bond acceptors (Lipinski definition) is 3. The topological polar surface area (TPSA) is 61.9 Å². The third-order valence-electron chi connectivity index (χ3n) is 4.07. The molecule has 1 rings (SSSR count). The van der Waals surface area contributed by atoms with Crippen LogP contribution in [0.4, 0.5) is 0 Å². The molecule has 1 amide bonds. The highest BCUT2D eigenvalue weighted by atomic mass is 16.2. The Kier molecular flexibility index (Phi) is 7.65. The number of unbranched alkanes of at least 4 members (excludes halogenated alkanes) is 1. The molecule has 0 fully saturated rings. The van der Waals surface area contributed by atoms with Crippen LogP contribution < -0.4 is 0 Å². The fourth-order valence-corrected chi connectivity index (χ4v) is 2.67. The Morgan fingerprint density at radius 3 is 2.68 bits per heavy atom. The van der Waals surface area contributed by atoms with Crippen molar-refractivity contribution < 1.29 is 4.79 Å². The zero-order valence-electron chi connectivity index (χ0n) is 14.4. The van der Waals surface area contributed by atoms with Gasteiger partial charge in [0.15, 0.2) is 0 Å². The fraction of sp³-hybridized carbons (Fsp3) is 0.706. The molecule has 1 heterocycles. The first-order chi connectivity index (χ1) is 10.5. The van der Waals surface area contributed by atoms with Crippen molar-refractivity contribution in [2.24, 2.45) is 0 Å². The number of hydrogen-bond donors (Lipinski definition) is 0. The van der Waals surface area contributed by atoms with Gasteiger partial charge in [-0.3, -0.25) is 9.48 Å². The number of carbonyl (C=O) groups excluding carboxylic acids is 1. The van der Waals surface area contributed by atoms with E-state index in [1.807, 2.05) is 30.4 Å². The Morgan fingerprint density at radius 1 is 1.36 bits per heavy atom. The molecular formula is C17H28N4O. The first kappa shape index (κ1) is 18.2. The van der Waals surface area contributed by atoms with Crippen molar-refractivity contribution in [1.82, 2.24) is 14.7 Å². The molecule has 22 heavy (non-hydrogen) atoms. The van der Waals surface area contributed by atoms with E-state index in [9.17, 15) is 4.79 Å². The minimum absolute atomic E-state index is 0.222. The number of nitriles is 1. The molecule has 1 aromatic rings. The fourth-order valence-electron chi connectivity index (χ4n) is 2.67. The Hall–Kier alpha value is -1.83. The van der Waals surface area contributed by atoms with E-state index < -0.39 is 0 Å². The van der Waals surface area contributed by atoms with Crippen LogP contribution in [-0.4, -0.2) is 33.7 Å². The monoisotopic (exact) mass is 304 g/mol. The van der Waals surface area contributed by atoms with Gasteiger partial charge in [-0.1, -0.05) is 13.3 Å². The molecule has 0 radical (unpaired) electrons. The summed E-state index contributed by atoms with van der Waals surface area (Å²) in [6.45, 7) is 10.4. The van der Waals surface area contributed by atoms with Gasteiger partial charge in [-0.2, -0.15) is 10.4 Å². The molecule has 122 valence electrons. The summed E-state index contributed by atoms with van der Waals surface area (Å²) >= 11 is 0. The van der Waals surface area contributed by atoms with Crippen molar-refractivity contribution in [3.8, 4) is 6.07 Å². The van der Waals surface area contributed by atoms with E-state index in [1.54, 1.807) is 0 Å². The quantitative estimate of drug-likeness (QED) is 0.704. The predicted octanol–water partition coefficient (Wildman–Crippen LogP) is 2.99. The molecule has 0 N–H and O–H groups in total. The average Bonchev–Trinajstić information content (AvgIpc) is 2.78. The maximum absolute atomic E-state index is 12.3. The van der Waals surface area contributed by atoms with Crippen LogP contribution in [0.25, 0.3) is 0 Å². The summed E-state index contributed by atoms with van der Waals surface area (Å²) in [6.07, 6.45) is 3.88. The molecule has 0 aromatic carbocycles. The molecule has 0 saturated heterocycles. The van der Waals surface area contributed by atoms with Crippen molar-refractivity contribution in [2.45, 2.75) is 66.3 Å². The highest BCUT2D eigenvalue weighted by molar-refractivity contribution is 5.76. The van der Waals surface area contributed by atoms with Gasteiger partial charge in [-0.05, 0) is 39.2 Å². The number of carbonyl (C=O) groups is 1. The molecule has 0 unspecified atom stereocenters. The lowest BCUT2D eigenvalue weighted by Gasteiger charge is -2.20. The molecule has 0 bridgehead atoms. The van der Waals surface area contributed by atoms with E-state index in [0.29, 0.717) is 19.4 Å². The largest absolute Gasteiger partial charge is 0.343 e. The van der Waals surface area contributed by atoms with Crippen molar-refractivity contribution in [3.05, 3.63) is 17.0 Å². The highest BCUT2D eigenvalue weighted by Gasteiger charge is 2.15. The zero-order chi connectivity index (χ0) is 16.5. The molecule has 0 spiro atoms. The van der Waals surface area contributed by atoms with Crippen molar-refractivity contribution in [2.75, 3.05) is 13.1 Å². The van der Waals surface area contributed by atoms with Gasteiger partial charge in [0.05, 0.1) is 24.7 Å². The van der Waals surface area contributed by atoms with Crippen LogP contribution in [0.15, 0.2) is 0 Å². The second-order valence-electron chi connectivity index (χ2n) is 5.61. The maximum atomic E-state index is 12.3. The summed E-state index contributed by atoms with van der Waals surface area (Å²) in [5, 5.41) is 13.2. The summed E-state index contributed by atoms with van der Waals surface area (Å²) in [5.74, 6) is 0.222. The van der Waals surface area contributed by atoms with Gasteiger partial charge in [0.1, 0.15) is 0 Å². The van der Waals surface area contributed by atoms with Gasteiger partial charge in [0.2, 0.25) is 5.91 Å². The second-order valence-corrected chi connectivity index (χ2v) is 5.61. The third kappa shape index (κ3) is 4.87. The third-order valence-corrected chi connectivity index (χ3v) is 4.07. The van der Waals surface area contributed by atoms with Crippen molar-refractivity contribution in [1.29, 1.82) is 5.26 Å². The van der Waals surface area contributed by atoms with Crippen LogP contribution in [0, 0.1) is 25.2 Å². The van der Waals surface area contributed by atoms with Crippen LogP contribution in [-0.2, 0) is 17.8 Å². The summed E-state index contributed by atoms with van der Waals surface area (Å²) in [6, 6.07) is 2.14. The van der Waals surface area contributed by atoms with E-state index in [1.165, 1.54) is 0 Å². The van der Waals surface area contributed by atoms with E-state index in [4.69, 9.17) is 5.26 Å². The van der Waals surface area contributed by atoms with Crippen LogP contribution in [0.3, 0.4) is 0 Å². The van der Waals surface area contributed by atoms with Crippen LogP contribution in [0.2, 0.25) is 0 Å². The lowest BCUT2D eigenvalue weighted by Crippen LogP contribution is -2.31. The molecule has 5 nitrogen and oxygen atoms in total. The summed E-state index contributed by atoms with van der Waals surface area (Å²) in [5.41, 5.74) is 3.20. The molecule has 1 aromatic heterocycles. The number of aryl methyl sites for hydroxylation is 2. The number of aromatic nitrogens is 2. The van der Waals surface area contributed by atoms with Gasteiger partial charge >= 0.3 is 0 Å². The zero-order valence-corrected chi connectivity index (χ0v) is 14.4. The number of rotatable bonds is 9. The average molecular weight is 304 g/mol. The van der Waals surface area contributed by atoms with Gasteiger partial charge in [-0.15, -0.1) is 0 Å². The molecule has 5 heteroatoms. The van der Waals surface area contributed by atoms with Gasteiger partial charge in [-0.25, -0.2) is 0 Å². The number of nitrogens with zero attached hydrogens (tertiary/aromatic N) is 4. The minimum Gasteiger partial charge on any atom is -0.343 e. The summed E-state index contributed by atoms with van der Waals surface area (Å²) < 4.78 is 1.88. The molecule has 0 aliphatic rings. The molecule has 0 aliphatic carbocycles. The van der Waals surface area contributed by atoms with E-state index in [2.05, 4.69) is 18.1 Å². The smallest absolute Gasteiger partial charge is 0.222 e. The predicted molar refractivity (Wildman–Crippen MR) is 87.4 cm³/mol. The maximum Gasteiger partial charge on any atom is 0.222 e. The molecule has 0 aliphatic heterocycles. The minimum atomic E-state index is 0.222. The van der Waals surface area contributed by atoms with E-state index >= 15 is 0 Å². The molecule has 0 saturated carbocycles. The first-order valence-electron chi connectivity index (χ1n) is 8.22. The van der Waals surface area contributed by atoms with Gasteiger partial charge in [0.25, 0.3) is 0 Å². The van der Waals surface area contributed by atoms with Crippen molar-refractivity contribution in [3.63, 3.8) is 0 Å². The van der Waals surface area contributed by atoms with Gasteiger partial charge in [0, 0.05) is 25.2 Å². The Labute approximate surface area is 133 Å².